The second-order valence-corrected chi connectivity index (χ2v) is 14.2. The van der Waals surface area contributed by atoms with E-state index in [4.69, 9.17) is 9.97 Å². The SMILES string of the molecule is c1ccc(-c2ccc3c(c2)c2ccccc2n3-c2ccc3cc(-c4cccc5c4-c4nc(-c6ccccc6)nc(-c6ccccc6)c4C5)ccc3c2)cc1. The zero-order valence-electron chi connectivity index (χ0n) is 29.4. The minimum atomic E-state index is 0.753. The van der Waals surface area contributed by atoms with E-state index in [0.29, 0.717) is 0 Å². The van der Waals surface area contributed by atoms with Crippen LogP contribution in [-0.2, 0) is 6.42 Å². The van der Waals surface area contributed by atoms with Crippen LogP contribution in [0.5, 0.6) is 0 Å². The van der Waals surface area contributed by atoms with Crippen LogP contribution in [0.15, 0.2) is 188 Å². The number of hydrogen-bond donors (Lipinski definition) is 0. The van der Waals surface area contributed by atoms with E-state index in [2.05, 4.69) is 187 Å². The van der Waals surface area contributed by atoms with E-state index < -0.39 is 0 Å². The van der Waals surface area contributed by atoms with Gasteiger partial charge in [0, 0.05) is 45.1 Å². The standard InChI is InChI=1S/C51H33N3/c1-4-13-33(14-5-1)38-26-28-47-44(31-38)43-20-10-11-22-46(43)54(47)41-27-25-36-29-39(24-23-37(36)30-41)42-21-12-19-40-32-45-49(34-15-6-2-7-16-34)52-51(53-50(45)48(40)42)35-17-8-3-9-18-35/h1-31H,32H2. The van der Waals surface area contributed by atoms with E-state index >= 15 is 0 Å². The van der Waals surface area contributed by atoms with Gasteiger partial charge in [-0.3, -0.25) is 0 Å². The fraction of sp³-hybridized carbons (Fsp3) is 0.0196. The quantitative estimate of drug-likeness (QED) is 0.180. The summed E-state index contributed by atoms with van der Waals surface area (Å²) >= 11 is 0. The molecule has 0 saturated carbocycles. The van der Waals surface area contributed by atoms with E-state index in [-0.39, 0.29) is 0 Å². The second-order valence-electron chi connectivity index (χ2n) is 14.2. The highest BCUT2D eigenvalue weighted by molar-refractivity contribution is 6.10. The Balaban J connectivity index is 1.03. The molecular weight excluding hydrogens is 655 g/mol. The van der Waals surface area contributed by atoms with Gasteiger partial charge in [-0.25, -0.2) is 9.97 Å². The molecule has 0 fully saturated rings. The summed E-state index contributed by atoms with van der Waals surface area (Å²) in [6.07, 6.45) is 0.806. The van der Waals surface area contributed by atoms with E-state index in [0.717, 1.165) is 40.4 Å². The highest BCUT2D eigenvalue weighted by Crippen LogP contribution is 2.46. The van der Waals surface area contributed by atoms with Crippen LogP contribution in [-0.4, -0.2) is 14.5 Å². The molecule has 0 radical (unpaired) electrons. The fourth-order valence-electron chi connectivity index (χ4n) is 8.47. The summed E-state index contributed by atoms with van der Waals surface area (Å²) < 4.78 is 2.40. The molecule has 0 unspecified atom stereocenters. The first kappa shape index (κ1) is 30.5. The number of nitrogens with zero attached hydrogens (tertiary/aromatic N) is 3. The lowest BCUT2D eigenvalue weighted by Gasteiger charge is -2.14. The van der Waals surface area contributed by atoms with Gasteiger partial charge in [0.15, 0.2) is 5.82 Å². The minimum absolute atomic E-state index is 0.753. The topological polar surface area (TPSA) is 30.7 Å². The predicted molar refractivity (Wildman–Crippen MR) is 224 cm³/mol. The van der Waals surface area contributed by atoms with Crippen molar-refractivity contribution < 1.29 is 0 Å². The Kier molecular flexibility index (Phi) is 6.93. The van der Waals surface area contributed by atoms with Gasteiger partial charge in [-0.15, -0.1) is 0 Å². The number of para-hydroxylation sites is 1. The maximum Gasteiger partial charge on any atom is 0.160 e. The van der Waals surface area contributed by atoms with Gasteiger partial charge >= 0.3 is 0 Å². The van der Waals surface area contributed by atoms with E-state index in [1.165, 1.54) is 71.5 Å². The molecule has 0 atom stereocenters. The molecule has 1 aliphatic rings. The number of hydrogen-bond acceptors (Lipinski definition) is 2. The van der Waals surface area contributed by atoms with Gasteiger partial charge in [0.2, 0.25) is 0 Å². The number of rotatable bonds is 5. The zero-order chi connectivity index (χ0) is 35.6. The third-order valence-corrected chi connectivity index (χ3v) is 11.0. The van der Waals surface area contributed by atoms with Gasteiger partial charge < -0.3 is 4.57 Å². The first-order valence-corrected chi connectivity index (χ1v) is 18.5. The van der Waals surface area contributed by atoms with E-state index in [9.17, 15) is 0 Å². The Morgan fingerprint density at radius 3 is 1.87 bits per heavy atom. The van der Waals surface area contributed by atoms with Crippen molar-refractivity contribution in [3.05, 3.63) is 199 Å². The van der Waals surface area contributed by atoms with Crippen LogP contribution in [0.2, 0.25) is 0 Å². The molecule has 54 heavy (non-hydrogen) atoms. The van der Waals surface area contributed by atoms with Gasteiger partial charge in [-0.1, -0.05) is 152 Å². The first-order chi connectivity index (χ1) is 26.8. The lowest BCUT2D eigenvalue weighted by molar-refractivity contribution is 1.13. The number of fused-ring (bicyclic) bond motifs is 7. The smallest absolute Gasteiger partial charge is 0.160 e. The Hall–Kier alpha value is -7.10. The van der Waals surface area contributed by atoms with Crippen LogP contribution in [0, 0.1) is 0 Å². The molecular formula is C51H33N3. The predicted octanol–water partition coefficient (Wildman–Crippen LogP) is 13.0. The van der Waals surface area contributed by atoms with Crippen LogP contribution in [0.4, 0.5) is 0 Å². The van der Waals surface area contributed by atoms with Crippen molar-refractivity contribution in [1.29, 1.82) is 0 Å². The highest BCUT2D eigenvalue weighted by Gasteiger charge is 2.28. The first-order valence-electron chi connectivity index (χ1n) is 18.5. The summed E-state index contributed by atoms with van der Waals surface area (Å²) in [7, 11) is 0. The largest absolute Gasteiger partial charge is 0.309 e. The average molecular weight is 688 g/mol. The van der Waals surface area contributed by atoms with Crippen molar-refractivity contribution in [2.45, 2.75) is 6.42 Å². The molecule has 0 aliphatic heterocycles. The lowest BCUT2D eigenvalue weighted by Crippen LogP contribution is -1.99. The van der Waals surface area contributed by atoms with Gasteiger partial charge in [0.05, 0.1) is 22.4 Å². The maximum atomic E-state index is 5.30. The summed E-state index contributed by atoms with van der Waals surface area (Å²) in [6.45, 7) is 0. The molecule has 0 spiro atoms. The van der Waals surface area contributed by atoms with Crippen molar-refractivity contribution >= 4 is 32.6 Å². The molecule has 3 nitrogen and oxygen atoms in total. The Labute approximate surface area is 313 Å². The summed E-state index contributed by atoms with van der Waals surface area (Å²) in [5.74, 6) is 0.753. The fourth-order valence-corrected chi connectivity index (χ4v) is 8.47. The van der Waals surface area contributed by atoms with Crippen molar-refractivity contribution in [1.82, 2.24) is 14.5 Å². The van der Waals surface area contributed by atoms with Crippen LogP contribution >= 0.6 is 0 Å². The lowest BCUT2D eigenvalue weighted by atomic mass is 9.94. The normalized spacial score (nSPS) is 12.0. The maximum absolute atomic E-state index is 5.30. The summed E-state index contributed by atoms with van der Waals surface area (Å²) in [4.78, 5) is 10.5. The number of benzene rings is 8. The Bertz CT molecular complexity index is 3050. The van der Waals surface area contributed by atoms with Crippen molar-refractivity contribution in [3.63, 3.8) is 0 Å². The molecule has 2 aromatic heterocycles. The molecule has 3 heteroatoms. The van der Waals surface area contributed by atoms with Gasteiger partial charge in [0.1, 0.15) is 0 Å². The Morgan fingerprint density at radius 2 is 1.06 bits per heavy atom. The van der Waals surface area contributed by atoms with Crippen LogP contribution in [0.3, 0.4) is 0 Å². The monoisotopic (exact) mass is 687 g/mol. The van der Waals surface area contributed by atoms with Crippen LogP contribution < -0.4 is 0 Å². The van der Waals surface area contributed by atoms with Crippen molar-refractivity contribution in [2.24, 2.45) is 0 Å². The third kappa shape index (κ3) is 4.90. The third-order valence-electron chi connectivity index (χ3n) is 11.0. The molecule has 0 bridgehead atoms. The van der Waals surface area contributed by atoms with Crippen molar-refractivity contribution in [3.8, 4) is 61.8 Å². The van der Waals surface area contributed by atoms with Crippen LogP contribution in [0.25, 0.3) is 94.4 Å². The van der Waals surface area contributed by atoms with Crippen molar-refractivity contribution in [2.75, 3.05) is 0 Å². The summed E-state index contributed by atoms with van der Waals surface area (Å²) in [5.41, 5.74) is 16.3. The second kappa shape index (κ2) is 12.3. The highest BCUT2D eigenvalue weighted by atomic mass is 15.0. The molecule has 1 aliphatic carbocycles. The van der Waals surface area contributed by atoms with Gasteiger partial charge in [-0.05, 0) is 75.0 Å². The minimum Gasteiger partial charge on any atom is -0.309 e. The molecule has 0 N–H and O–H groups in total. The number of aromatic nitrogens is 3. The van der Waals surface area contributed by atoms with Crippen LogP contribution in [0.1, 0.15) is 11.1 Å². The summed E-state index contributed by atoms with van der Waals surface area (Å²) in [5, 5.41) is 4.93. The molecule has 10 aromatic rings. The summed E-state index contributed by atoms with van der Waals surface area (Å²) in [6, 6.07) is 67.5. The molecule has 252 valence electrons. The zero-order valence-corrected chi connectivity index (χ0v) is 29.4. The van der Waals surface area contributed by atoms with E-state index in [1.807, 2.05) is 6.07 Å². The molecule has 8 aromatic carbocycles. The van der Waals surface area contributed by atoms with Gasteiger partial charge in [-0.2, -0.15) is 0 Å². The molecule has 0 amide bonds. The Morgan fingerprint density at radius 1 is 0.407 bits per heavy atom. The molecule has 11 rings (SSSR count). The van der Waals surface area contributed by atoms with E-state index in [1.54, 1.807) is 0 Å². The molecule has 0 saturated heterocycles. The molecule has 2 heterocycles. The average Bonchev–Trinajstić information content (AvgIpc) is 3.79. The van der Waals surface area contributed by atoms with Gasteiger partial charge in [0.25, 0.3) is 0 Å².